The molecule has 3 heterocycles. The number of nitrogens with zero attached hydrogens (tertiary/aromatic N) is 2. The molecule has 1 saturated heterocycles. The summed E-state index contributed by atoms with van der Waals surface area (Å²) in [6.45, 7) is 3.22. The molecule has 7 nitrogen and oxygen atoms in total. The smallest absolute Gasteiger partial charge is 0.338 e. The minimum atomic E-state index is -0.424. The Kier molecular flexibility index (Phi) is 3.80. The third-order valence-electron chi connectivity index (χ3n) is 4.78. The summed E-state index contributed by atoms with van der Waals surface area (Å²) in [5.41, 5.74) is 2.89. The van der Waals surface area contributed by atoms with Gasteiger partial charge in [-0.3, -0.25) is 9.20 Å². The molecule has 25 heavy (non-hydrogen) atoms. The van der Waals surface area contributed by atoms with Crippen molar-refractivity contribution in [1.29, 1.82) is 0 Å². The first-order valence-corrected chi connectivity index (χ1v) is 8.30. The first-order valence-electron chi connectivity index (χ1n) is 8.30. The van der Waals surface area contributed by atoms with Gasteiger partial charge in [0.2, 0.25) is 0 Å². The van der Waals surface area contributed by atoms with E-state index < -0.39 is 5.97 Å². The lowest BCUT2D eigenvalue weighted by Gasteiger charge is -2.21. The van der Waals surface area contributed by atoms with Crippen LogP contribution in [0.25, 0.3) is 16.6 Å². The van der Waals surface area contributed by atoms with E-state index in [4.69, 9.17) is 9.47 Å². The van der Waals surface area contributed by atoms with Gasteiger partial charge < -0.3 is 14.5 Å². The fraction of sp³-hybridized carbons (Fsp3) is 0.389. The topological polar surface area (TPSA) is 85.7 Å². The van der Waals surface area contributed by atoms with Crippen LogP contribution in [0.1, 0.15) is 40.5 Å². The second-order valence-electron chi connectivity index (χ2n) is 6.38. The largest absolute Gasteiger partial charge is 0.465 e. The zero-order chi connectivity index (χ0) is 17.6. The van der Waals surface area contributed by atoms with E-state index in [0.29, 0.717) is 23.2 Å². The van der Waals surface area contributed by atoms with E-state index in [1.807, 2.05) is 17.4 Å². The van der Waals surface area contributed by atoms with Gasteiger partial charge in [-0.2, -0.15) is 0 Å². The number of hydrogen-bond donors (Lipinski definition) is 1. The number of carbonyl (C=O) groups is 1. The SMILES string of the molecule is COC(=O)c1cc2[nH]c(=O)c3cnc(C4CCCOC4)n3c2cc1C. The van der Waals surface area contributed by atoms with Crippen molar-refractivity contribution in [3.8, 4) is 0 Å². The molecule has 1 fully saturated rings. The molecule has 7 heteroatoms. The van der Waals surface area contributed by atoms with Crippen molar-refractivity contribution in [2.75, 3.05) is 20.3 Å². The van der Waals surface area contributed by atoms with Gasteiger partial charge in [-0.05, 0) is 37.5 Å². The number of rotatable bonds is 2. The van der Waals surface area contributed by atoms with Crippen molar-refractivity contribution in [2.24, 2.45) is 0 Å². The molecule has 0 amide bonds. The molecular weight excluding hydrogens is 322 g/mol. The first kappa shape index (κ1) is 15.8. The van der Waals surface area contributed by atoms with Crippen molar-refractivity contribution in [2.45, 2.75) is 25.7 Å². The number of fused-ring (bicyclic) bond motifs is 3. The molecule has 1 N–H and O–H groups in total. The normalized spacial score (nSPS) is 17.9. The predicted octanol–water partition coefficient (Wildman–Crippen LogP) is 2.16. The van der Waals surface area contributed by atoms with Crippen LogP contribution < -0.4 is 5.56 Å². The molecule has 1 aromatic carbocycles. The maximum Gasteiger partial charge on any atom is 0.338 e. The van der Waals surface area contributed by atoms with Crippen LogP contribution in [0.4, 0.5) is 0 Å². The lowest BCUT2D eigenvalue weighted by Crippen LogP contribution is -2.19. The molecule has 1 atom stereocenters. The summed E-state index contributed by atoms with van der Waals surface area (Å²) in [6, 6.07) is 3.55. The summed E-state index contributed by atoms with van der Waals surface area (Å²) >= 11 is 0. The average molecular weight is 341 g/mol. The fourth-order valence-corrected chi connectivity index (χ4v) is 3.51. The number of aromatic nitrogens is 3. The van der Waals surface area contributed by atoms with Crippen LogP contribution in [0, 0.1) is 6.92 Å². The summed E-state index contributed by atoms with van der Waals surface area (Å²) in [5, 5.41) is 0. The maximum atomic E-state index is 12.5. The van der Waals surface area contributed by atoms with E-state index in [9.17, 15) is 9.59 Å². The fourth-order valence-electron chi connectivity index (χ4n) is 3.51. The predicted molar refractivity (Wildman–Crippen MR) is 92.2 cm³/mol. The Bertz CT molecular complexity index is 1030. The maximum absolute atomic E-state index is 12.5. The van der Waals surface area contributed by atoms with Gasteiger partial charge in [0.05, 0.1) is 36.5 Å². The number of benzene rings is 1. The highest BCUT2D eigenvalue weighted by Crippen LogP contribution is 2.27. The van der Waals surface area contributed by atoms with Crippen LogP contribution in [0.3, 0.4) is 0 Å². The highest BCUT2D eigenvalue weighted by atomic mass is 16.5. The molecule has 1 aliphatic rings. The van der Waals surface area contributed by atoms with E-state index in [1.165, 1.54) is 7.11 Å². The summed E-state index contributed by atoms with van der Waals surface area (Å²) in [5.74, 6) is 0.560. The van der Waals surface area contributed by atoms with Crippen molar-refractivity contribution >= 4 is 22.5 Å². The van der Waals surface area contributed by atoms with Crippen molar-refractivity contribution in [3.63, 3.8) is 0 Å². The van der Waals surface area contributed by atoms with E-state index in [2.05, 4.69) is 9.97 Å². The van der Waals surface area contributed by atoms with E-state index >= 15 is 0 Å². The number of hydrogen-bond acceptors (Lipinski definition) is 5. The van der Waals surface area contributed by atoms with Gasteiger partial charge in [0.1, 0.15) is 11.3 Å². The van der Waals surface area contributed by atoms with Gasteiger partial charge in [-0.1, -0.05) is 0 Å². The number of nitrogens with one attached hydrogen (secondary N) is 1. The molecule has 1 unspecified atom stereocenters. The number of aryl methyl sites for hydroxylation is 1. The monoisotopic (exact) mass is 341 g/mol. The third-order valence-corrected chi connectivity index (χ3v) is 4.78. The lowest BCUT2D eigenvalue weighted by atomic mass is 10.0. The molecule has 0 aliphatic carbocycles. The van der Waals surface area contributed by atoms with Crippen molar-refractivity contribution in [1.82, 2.24) is 14.4 Å². The quantitative estimate of drug-likeness (QED) is 0.722. The second kappa shape index (κ2) is 6.00. The minimum Gasteiger partial charge on any atom is -0.465 e. The molecule has 0 saturated carbocycles. The molecule has 3 aromatic rings. The molecule has 130 valence electrons. The summed E-state index contributed by atoms with van der Waals surface area (Å²) < 4.78 is 12.3. The standard InChI is InChI=1S/C18H19N3O4/c1-10-6-14-13(7-12(10)18(23)24-2)20-17(22)15-8-19-16(21(14)15)11-4-3-5-25-9-11/h6-8,11H,3-5,9H2,1-2H3,(H,20,22). The number of ether oxygens (including phenoxy) is 2. The van der Waals surface area contributed by atoms with Gasteiger partial charge in [-0.25, -0.2) is 9.78 Å². The van der Waals surface area contributed by atoms with E-state index in [0.717, 1.165) is 36.4 Å². The van der Waals surface area contributed by atoms with Crippen LogP contribution >= 0.6 is 0 Å². The Hall–Kier alpha value is -2.67. The number of methoxy groups -OCH3 is 1. The highest BCUT2D eigenvalue weighted by molar-refractivity contribution is 5.95. The third kappa shape index (κ3) is 2.51. The Morgan fingerprint density at radius 1 is 1.40 bits per heavy atom. The highest BCUT2D eigenvalue weighted by Gasteiger charge is 2.23. The summed E-state index contributed by atoms with van der Waals surface area (Å²) in [6.07, 6.45) is 3.56. The first-order chi connectivity index (χ1) is 12.1. The van der Waals surface area contributed by atoms with Crippen LogP contribution in [0.15, 0.2) is 23.1 Å². The Balaban J connectivity index is 2.01. The number of H-pyrrole nitrogens is 1. The minimum absolute atomic E-state index is 0.154. The Morgan fingerprint density at radius 3 is 2.96 bits per heavy atom. The molecular formula is C18H19N3O4. The molecule has 0 spiro atoms. The molecule has 0 radical (unpaired) electrons. The Morgan fingerprint density at radius 2 is 2.24 bits per heavy atom. The van der Waals surface area contributed by atoms with Crippen LogP contribution in [0.5, 0.6) is 0 Å². The van der Waals surface area contributed by atoms with E-state index in [1.54, 1.807) is 12.3 Å². The second-order valence-corrected chi connectivity index (χ2v) is 6.38. The van der Waals surface area contributed by atoms with Gasteiger partial charge in [0.25, 0.3) is 5.56 Å². The summed E-state index contributed by atoms with van der Waals surface area (Å²) in [4.78, 5) is 31.7. The van der Waals surface area contributed by atoms with E-state index in [-0.39, 0.29) is 11.5 Å². The van der Waals surface area contributed by atoms with Crippen LogP contribution in [0.2, 0.25) is 0 Å². The average Bonchev–Trinajstić information content (AvgIpc) is 3.08. The van der Waals surface area contributed by atoms with Gasteiger partial charge >= 0.3 is 5.97 Å². The molecule has 4 rings (SSSR count). The zero-order valence-corrected chi connectivity index (χ0v) is 14.2. The number of aromatic amines is 1. The van der Waals surface area contributed by atoms with Gasteiger partial charge in [-0.15, -0.1) is 0 Å². The van der Waals surface area contributed by atoms with Crippen molar-refractivity contribution in [3.05, 3.63) is 45.6 Å². The number of esters is 1. The molecule has 0 bridgehead atoms. The van der Waals surface area contributed by atoms with Crippen LogP contribution in [-0.4, -0.2) is 40.7 Å². The molecule has 1 aliphatic heterocycles. The lowest BCUT2D eigenvalue weighted by molar-refractivity contribution is 0.0600. The summed E-state index contributed by atoms with van der Waals surface area (Å²) in [7, 11) is 1.34. The number of imidazole rings is 1. The van der Waals surface area contributed by atoms with Crippen LogP contribution in [-0.2, 0) is 9.47 Å². The van der Waals surface area contributed by atoms with Gasteiger partial charge in [0, 0.05) is 12.5 Å². The molecule has 2 aromatic heterocycles. The zero-order valence-electron chi connectivity index (χ0n) is 14.2. The van der Waals surface area contributed by atoms with Gasteiger partial charge in [0.15, 0.2) is 0 Å². The van der Waals surface area contributed by atoms with Crippen molar-refractivity contribution < 1.29 is 14.3 Å². The Labute approximate surface area is 143 Å². The number of carbonyl (C=O) groups excluding carboxylic acids is 1.